The van der Waals surface area contributed by atoms with Gasteiger partial charge in [0.2, 0.25) is 0 Å². The SMILES string of the molecule is Cc1cc(F)cc(NCc2ncc(Cl)s2)c1. The number of nitrogens with one attached hydrogen (secondary N) is 1. The molecule has 2 aromatic rings. The lowest BCUT2D eigenvalue weighted by Gasteiger charge is -2.05. The minimum atomic E-state index is -0.236. The fourth-order valence-corrected chi connectivity index (χ4v) is 2.28. The van der Waals surface area contributed by atoms with Gasteiger partial charge in [-0.3, -0.25) is 0 Å². The van der Waals surface area contributed by atoms with E-state index in [4.69, 9.17) is 11.6 Å². The molecule has 0 aliphatic heterocycles. The summed E-state index contributed by atoms with van der Waals surface area (Å²) in [6, 6.07) is 4.84. The van der Waals surface area contributed by atoms with Crippen LogP contribution in [0.2, 0.25) is 4.34 Å². The Labute approximate surface area is 102 Å². The molecule has 1 aromatic heterocycles. The topological polar surface area (TPSA) is 24.9 Å². The lowest BCUT2D eigenvalue weighted by Crippen LogP contribution is -1.99. The van der Waals surface area contributed by atoms with Crippen molar-refractivity contribution >= 4 is 28.6 Å². The average Bonchev–Trinajstić information content (AvgIpc) is 2.60. The van der Waals surface area contributed by atoms with E-state index in [0.29, 0.717) is 10.9 Å². The largest absolute Gasteiger partial charge is 0.378 e. The van der Waals surface area contributed by atoms with E-state index in [1.165, 1.54) is 23.5 Å². The van der Waals surface area contributed by atoms with Crippen LogP contribution in [0.5, 0.6) is 0 Å². The van der Waals surface area contributed by atoms with Gasteiger partial charge < -0.3 is 5.32 Å². The molecule has 2 nitrogen and oxygen atoms in total. The third-order valence-corrected chi connectivity index (χ3v) is 3.13. The Kier molecular flexibility index (Phi) is 3.41. The van der Waals surface area contributed by atoms with Gasteiger partial charge in [0.05, 0.1) is 12.7 Å². The zero-order chi connectivity index (χ0) is 11.5. The maximum absolute atomic E-state index is 13.1. The molecular formula is C11H10ClFN2S. The zero-order valence-electron chi connectivity index (χ0n) is 8.63. The lowest BCUT2D eigenvalue weighted by atomic mass is 10.2. The zero-order valence-corrected chi connectivity index (χ0v) is 10.2. The number of anilines is 1. The van der Waals surface area contributed by atoms with Gasteiger partial charge in [0.1, 0.15) is 15.2 Å². The molecule has 0 amide bonds. The van der Waals surface area contributed by atoms with E-state index < -0.39 is 0 Å². The molecule has 0 spiro atoms. The minimum Gasteiger partial charge on any atom is -0.378 e. The molecule has 0 aliphatic rings. The van der Waals surface area contributed by atoms with Gasteiger partial charge in [-0.1, -0.05) is 11.6 Å². The van der Waals surface area contributed by atoms with Gasteiger partial charge >= 0.3 is 0 Å². The highest BCUT2D eigenvalue weighted by molar-refractivity contribution is 7.15. The molecule has 0 saturated heterocycles. The average molecular weight is 257 g/mol. The summed E-state index contributed by atoms with van der Waals surface area (Å²) in [5.41, 5.74) is 1.64. The van der Waals surface area contributed by atoms with Gasteiger partial charge in [0.15, 0.2) is 0 Å². The highest BCUT2D eigenvalue weighted by Gasteiger charge is 2.01. The Morgan fingerprint density at radius 2 is 2.25 bits per heavy atom. The van der Waals surface area contributed by atoms with Gasteiger partial charge in [0, 0.05) is 5.69 Å². The van der Waals surface area contributed by atoms with Crippen molar-refractivity contribution in [2.45, 2.75) is 13.5 Å². The smallest absolute Gasteiger partial charge is 0.125 e. The van der Waals surface area contributed by atoms with Crippen LogP contribution in [0.3, 0.4) is 0 Å². The second-order valence-corrected chi connectivity index (χ2v) is 5.18. The quantitative estimate of drug-likeness (QED) is 0.902. The molecule has 0 radical (unpaired) electrons. The molecule has 2 rings (SSSR count). The fourth-order valence-electron chi connectivity index (χ4n) is 1.39. The number of thiazole rings is 1. The van der Waals surface area contributed by atoms with Gasteiger partial charge in [-0.05, 0) is 30.7 Å². The Morgan fingerprint density at radius 1 is 1.44 bits per heavy atom. The van der Waals surface area contributed by atoms with E-state index in [9.17, 15) is 4.39 Å². The second kappa shape index (κ2) is 4.80. The number of nitrogens with zero attached hydrogens (tertiary/aromatic N) is 1. The number of rotatable bonds is 3. The van der Waals surface area contributed by atoms with E-state index in [1.54, 1.807) is 6.20 Å². The van der Waals surface area contributed by atoms with Crippen molar-refractivity contribution in [1.29, 1.82) is 0 Å². The minimum absolute atomic E-state index is 0.236. The molecule has 0 bridgehead atoms. The molecule has 0 aliphatic carbocycles. The van der Waals surface area contributed by atoms with E-state index in [0.717, 1.165) is 16.3 Å². The normalized spacial score (nSPS) is 10.4. The van der Waals surface area contributed by atoms with Crippen molar-refractivity contribution in [3.63, 3.8) is 0 Å². The first kappa shape index (κ1) is 11.4. The molecule has 5 heteroatoms. The van der Waals surface area contributed by atoms with Crippen LogP contribution in [-0.2, 0) is 6.54 Å². The summed E-state index contributed by atoms with van der Waals surface area (Å²) in [5, 5.41) is 3.99. The van der Waals surface area contributed by atoms with Crippen LogP contribution in [0.15, 0.2) is 24.4 Å². The Bertz CT molecular complexity index is 478. The predicted octanol–water partition coefficient (Wildman–Crippen LogP) is 3.86. The van der Waals surface area contributed by atoms with E-state index >= 15 is 0 Å². The summed E-state index contributed by atoms with van der Waals surface area (Å²) >= 11 is 7.17. The Hall–Kier alpha value is -1.13. The van der Waals surface area contributed by atoms with Crippen LogP contribution >= 0.6 is 22.9 Å². The molecule has 1 N–H and O–H groups in total. The van der Waals surface area contributed by atoms with Crippen molar-refractivity contribution in [2.75, 3.05) is 5.32 Å². The molecule has 84 valence electrons. The predicted molar refractivity (Wildman–Crippen MR) is 65.6 cm³/mol. The van der Waals surface area contributed by atoms with Crippen LogP contribution in [0.25, 0.3) is 0 Å². The fraction of sp³-hybridized carbons (Fsp3) is 0.182. The summed E-state index contributed by atoms with van der Waals surface area (Å²) in [6.07, 6.45) is 1.61. The van der Waals surface area contributed by atoms with Crippen molar-refractivity contribution in [3.05, 3.63) is 45.1 Å². The summed E-state index contributed by atoms with van der Waals surface area (Å²) in [5.74, 6) is -0.236. The lowest BCUT2D eigenvalue weighted by molar-refractivity contribution is 0.627. The van der Waals surface area contributed by atoms with Gasteiger partial charge in [-0.2, -0.15) is 0 Å². The first-order chi connectivity index (χ1) is 7.63. The van der Waals surface area contributed by atoms with Crippen molar-refractivity contribution in [3.8, 4) is 0 Å². The summed E-state index contributed by atoms with van der Waals surface area (Å²) in [4.78, 5) is 4.11. The van der Waals surface area contributed by atoms with Crippen LogP contribution in [0.4, 0.5) is 10.1 Å². The molecule has 16 heavy (non-hydrogen) atoms. The number of aryl methyl sites for hydroxylation is 1. The van der Waals surface area contributed by atoms with Crippen LogP contribution in [-0.4, -0.2) is 4.98 Å². The highest BCUT2D eigenvalue weighted by atomic mass is 35.5. The van der Waals surface area contributed by atoms with E-state index in [2.05, 4.69) is 10.3 Å². The Balaban J connectivity index is 2.04. The van der Waals surface area contributed by atoms with Gasteiger partial charge in [0.25, 0.3) is 0 Å². The monoisotopic (exact) mass is 256 g/mol. The van der Waals surface area contributed by atoms with Crippen molar-refractivity contribution in [2.24, 2.45) is 0 Å². The molecule has 0 unspecified atom stereocenters. The van der Waals surface area contributed by atoms with Crippen LogP contribution in [0, 0.1) is 12.7 Å². The first-order valence-corrected chi connectivity index (χ1v) is 5.94. The van der Waals surface area contributed by atoms with E-state index in [-0.39, 0.29) is 5.82 Å². The standard InChI is InChI=1S/C11H10ClFN2S/c1-7-2-8(13)4-9(3-7)14-6-11-15-5-10(12)16-11/h2-5,14H,6H2,1H3. The number of hydrogen-bond acceptors (Lipinski definition) is 3. The maximum Gasteiger partial charge on any atom is 0.125 e. The number of aromatic nitrogens is 1. The third kappa shape index (κ3) is 2.93. The van der Waals surface area contributed by atoms with Crippen LogP contribution in [0.1, 0.15) is 10.6 Å². The highest BCUT2D eigenvalue weighted by Crippen LogP contribution is 2.20. The Morgan fingerprint density at radius 3 is 2.88 bits per heavy atom. The number of benzene rings is 1. The molecule has 0 fully saturated rings. The maximum atomic E-state index is 13.1. The molecule has 0 saturated carbocycles. The van der Waals surface area contributed by atoms with Gasteiger partial charge in [-0.15, -0.1) is 11.3 Å². The van der Waals surface area contributed by atoms with Gasteiger partial charge in [-0.25, -0.2) is 9.37 Å². The van der Waals surface area contributed by atoms with E-state index in [1.807, 2.05) is 13.0 Å². The molecule has 1 heterocycles. The van der Waals surface area contributed by atoms with Crippen molar-refractivity contribution in [1.82, 2.24) is 4.98 Å². The third-order valence-electron chi connectivity index (χ3n) is 2.01. The molecule has 0 atom stereocenters. The molecular weight excluding hydrogens is 247 g/mol. The number of halogens is 2. The summed E-state index contributed by atoms with van der Waals surface area (Å²) in [7, 11) is 0. The first-order valence-electron chi connectivity index (χ1n) is 4.75. The molecule has 1 aromatic carbocycles. The number of hydrogen-bond donors (Lipinski definition) is 1. The van der Waals surface area contributed by atoms with Crippen LogP contribution < -0.4 is 5.32 Å². The summed E-state index contributed by atoms with van der Waals surface area (Å²) in [6.45, 7) is 2.41. The summed E-state index contributed by atoms with van der Waals surface area (Å²) < 4.78 is 13.7. The second-order valence-electron chi connectivity index (χ2n) is 3.43. The van der Waals surface area contributed by atoms with Crippen molar-refractivity contribution < 1.29 is 4.39 Å².